The van der Waals surface area contributed by atoms with Gasteiger partial charge in [0.15, 0.2) is 11.5 Å². The number of anilines is 1. The molecular weight excluding hydrogens is 522 g/mol. The maximum absolute atomic E-state index is 13.9. The number of methoxy groups -OCH3 is 1. The van der Waals surface area contributed by atoms with Crippen LogP contribution in [0.2, 0.25) is 0 Å². The van der Waals surface area contributed by atoms with Crippen LogP contribution in [-0.2, 0) is 26.2 Å². The highest BCUT2D eigenvalue weighted by Gasteiger charge is 2.33. The zero-order chi connectivity index (χ0) is 28.0. The Labute approximate surface area is 230 Å². The van der Waals surface area contributed by atoms with Gasteiger partial charge in [0.25, 0.3) is 0 Å². The van der Waals surface area contributed by atoms with Crippen molar-refractivity contribution in [1.82, 2.24) is 10.2 Å². The minimum atomic E-state index is -3.85. The van der Waals surface area contributed by atoms with Gasteiger partial charge in [-0.2, -0.15) is 0 Å². The van der Waals surface area contributed by atoms with Crippen molar-refractivity contribution in [3.63, 3.8) is 0 Å². The van der Waals surface area contributed by atoms with Gasteiger partial charge in [0, 0.05) is 18.7 Å². The van der Waals surface area contributed by atoms with Gasteiger partial charge in [-0.3, -0.25) is 13.9 Å². The quantitative estimate of drug-likeness (QED) is 0.450. The molecule has 2 aromatic carbocycles. The molecule has 4 rings (SSSR count). The molecule has 212 valence electrons. The van der Waals surface area contributed by atoms with E-state index in [1.165, 1.54) is 4.90 Å². The van der Waals surface area contributed by atoms with Crippen LogP contribution in [-0.4, -0.2) is 70.3 Å². The minimum absolute atomic E-state index is 0.0923. The molecule has 1 aliphatic carbocycles. The topological polar surface area (TPSA) is 114 Å². The number of ether oxygens (including phenoxy) is 3. The number of benzene rings is 2. The highest BCUT2D eigenvalue weighted by Crippen LogP contribution is 2.35. The number of hydrogen-bond acceptors (Lipinski definition) is 7. The third-order valence-electron chi connectivity index (χ3n) is 7.09. The molecule has 1 atom stereocenters. The van der Waals surface area contributed by atoms with Crippen LogP contribution in [0.3, 0.4) is 0 Å². The fourth-order valence-corrected chi connectivity index (χ4v) is 5.86. The second-order valence-corrected chi connectivity index (χ2v) is 11.8. The molecule has 0 aromatic heterocycles. The van der Waals surface area contributed by atoms with Gasteiger partial charge in [-0.15, -0.1) is 0 Å². The molecule has 39 heavy (non-hydrogen) atoms. The summed E-state index contributed by atoms with van der Waals surface area (Å²) in [6.07, 6.45) is 5.39. The number of nitrogens with zero attached hydrogens (tertiary/aromatic N) is 2. The summed E-state index contributed by atoms with van der Waals surface area (Å²) in [6, 6.07) is 11.3. The molecule has 0 radical (unpaired) electrons. The van der Waals surface area contributed by atoms with E-state index in [-0.39, 0.29) is 24.2 Å². The molecular formula is C28H37N3O7S. The first-order chi connectivity index (χ1) is 18.7. The van der Waals surface area contributed by atoms with Gasteiger partial charge < -0.3 is 24.4 Å². The van der Waals surface area contributed by atoms with Crippen LogP contribution in [0.25, 0.3) is 0 Å². The predicted molar refractivity (Wildman–Crippen MR) is 148 cm³/mol. The van der Waals surface area contributed by atoms with Crippen LogP contribution in [0.1, 0.15) is 44.6 Å². The number of carbonyl (C=O) groups is 2. The SMILES string of the molecule is CC[C@H](C(=O)NC1CCCC1)N(Cc1ccc(OC)cc1)C(=O)CN(c1ccc2c(c1)OCCO2)S(C)(=O)=O. The van der Waals surface area contributed by atoms with E-state index in [9.17, 15) is 18.0 Å². The molecule has 2 aliphatic rings. The van der Waals surface area contributed by atoms with Crippen molar-refractivity contribution < 1.29 is 32.2 Å². The Morgan fingerprint density at radius 2 is 1.72 bits per heavy atom. The van der Waals surface area contributed by atoms with Crippen LogP contribution in [0.4, 0.5) is 5.69 Å². The van der Waals surface area contributed by atoms with Gasteiger partial charge >= 0.3 is 0 Å². The van der Waals surface area contributed by atoms with Crippen LogP contribution in [0, 0.1) is 0 Å². The molecule has 2 aromatic rings. The van der Waals surface area contributed by atoms with E-state index in [2.05, 4.69) is 5.32 Å². The van der Waals surface area contributed by atoms with Crippen molar-refractivity contribution in [3.8, 4) is 17.2 Å². The Bertz CT molecular complexity index is 1260. The number of sulfonamides is 1. The summed E-state index contributed by atoms with van der Waals surface area (Å²) in [4.78, 5) is 28.8. The van der Waals surface area contributed by atoms with Crippen molar-refractivity contribution in [1.29, 1.82) is 0 Å². The normalized spacial score (nSPS) is 15.9. The van der Waals surface area contributed by atoms with Crippen LogP contribution in [0.5, 0.6) is 17.2 Å². The summed E-state index contributed by atoms with van der Waals surface area (Å²) in [6.45, 7) is 2.27. The average molecular weight is 560 g/mol. The van der Waals surface area contributed by atoms with Crippen molar-refractivity contribution in [2.24, 2.45) is 0 Å². The zero-order valence-corrected chi connectivity index (χ0v) is 23.5. The van der Waals surface area contributed by atoms with E-state index in [4.69, 9.17) is 14.2 Å². The summed E-state index contributed by atoms with van der Waals surface area (Å²) in [5.74, 6) is 0.887. The average Bonchev–Trinajstić information content (AvgIpc) is 3.44. The van der Waals surface area contributed by atoms with Crippen molar-refractivity contribution in [2.75, 3.05) is 37.4 Å². The van der Waals surface area contributed by atoms with Crippen LogP contribution in [0.15, 0.2) is 42.5 Å². The largest absolute Gasteiger partial charge is 0.497 e. The lowest BCUT2D eigenvalue weighted by Gasteiger charge is -2.33. The Kier molecular flexibility index (Phi) is 9.21. The first kappa shape index (κ1) is 28.5. The number of amides is 2. The maximum Gasteiger partial charge on any atom is 0.244 e. The smallest absolute Gasteiger partial charge is 0.244 e. The molecule has 1 N–H and O–H groups in total. The van der Waals surface area contributed by atoms with Crippen molar-refractivity contribution >= 4 is 27.5 Å². The second-order valence-electron chi connectivity index (χ2n) is 9.88. The molecule has 0 bridgehead atoms. The zero-order valence-electron chi connectivity index (χ0n) is 22.7. The summed E-state index contributed by atoms with van der Waals surface area (Å²) < 4.78 is 43.2. The highest BCUT2D eigenvalue weighted by atomic mass is 32.2. The van der Waals surface area contributed by atoms with Gasteiger partial charge in [0.2, 0.25) is 21.8 Å². The first-order valence-corrected chi connectivity index (χ1v) is 15.1. The maximum atomic E-state index is 13.9. The molecule has 0 saturated heterocycles. The lowest BCUT2D eigenvalue weighted by molar-refractivity contribution is -0.140. The Morgan fingerprint density at radius 1 is 1.05 bits per heavy atom. The summed E-state index contributed by atoms with van der Waals surface area (Å²) >= 11 is 0. The third kappa shape index (κ3) is 7.14. The fourth-order valence-electron chi connectivity index (χ4n) is 5.02. The Balaban J connectivity index is 1.62. The lowest BCUT2D eigenvalue weighted by atomic mass is 10.1. The Morgan fingerprint density at radius 3 is 2.33 bits per heavy atom. The summed E-state index contributed by atoms with van der Waals surface area (Å²) in [5, 5.41) is 3.10. The van der Waals surface area contributed by atoms with Crippen molar-refractivity contribution in [2.45, 2.75) is 57.7 Å². The van der Waals surface area contributed by atoms with E-state index in [0.717, 1.165) is 41.8 Å². The van der Waals surface area contributed by atoms with Crippen LogP contribution < -0.4 is 23.8 Å². The summed E-state index contributed by atoms with van der Waals surface area (Å²) in [7, 11) is -2.28. The predicted octanol–water partition coefficient (Wildman–Crippen LogP) is 3.10. The Hall–Kier alpha value is -3.47. The highest BCUT2D eigenvalue weighted by molar-refractivity contribution is 7.92. The van der Waals surface area contributed by atoms with Gasteiger partial charge in [0.05, 0.1) is 19.1 Å². The molecule has 1 saturated carbocycles. The lowest BCUT2D eigenvalue weighted by Crippen LogP contribution is -2.53. The van der Waals surface area contributed by atoms with Gasteiger partial charge in [0.1, 0.15) is 31.5 Å². The molecule has 1 aliphatic heterocycles. The van der Waals surface area contributed by atoms with Gasteiger partial charge in [-0.05, 0) is 49.1 Å². The van der Waals surface area contributed by atoms with E-state index < -0.39 is 28.5 Å². The van der Waals surface area contributed by atoms with E-state index in [0.29, 0.717) is 36.9 Å². The van der Waals surface area contributed by atoms with Gasteiger partial charge in [-0.1, -0.05) is 31.9 Å². The second kappa shape index (κ2) is 12.6. The number of hydrogen-bond donors (Lipinski definition) is 1. The standard InChI is InChI=1S/C28H37N3O7S/c1-4-24(28(33)29-21-7-5-6-8-21)30(18-20-9-12-23(36-2)13-10-20)27(32)19-31(39(3,34)35)22-11-14-25-26(17-22)38-16-15-37-25/h9-14,17,21,24H,4-8,15-16,18-19H2,1-3H3,(H,29,33)/t24-/m1/s1. The van der Waals surface area contributed by atoms with Crippen LogP contribution >= 0.6 is 0 Å². The van der Waals surface area contributed by atoms with Crippen molar-refractivity contribution in [3.05, 3.63) is 48.0 Å². The molecule has 0 spiro atoms. The number of carbonyl (C=O) groups excluding carboxylic acids is 2. The number of fused-ring (bicyclic) bond motifs is 1. The fraction of sp³-hybridized carbons (Fsp3) is 0.500. The molecule has 2 amide bonds. The monoisotopic (exact) mass is 559 g/mol. The molecule has 0 unspecified atom stereocenters. The number of rotatable bonds is 11. The first-order valence-electron chi connectivity index (χ1n) is 13.3. The molecule has 1 fully saturated rings. The third-order valence-corrected chi connectivity index (χ3v) is 8.23. The molecule has 10 nitrogen and oxygen atoms in total. The number of nitrogens with one attached hydrogen (secondary N) is 1. The van der Waals surface area contributed by atoms with E-state index in [1.807, 2.05) is 19.1 Å². The van der Waals surface area contributed by atoms with E-state index >= 15 is 0 Å². The summed E-state index contributed by atoms with van der Waals surface area (Å²) in [5.41, 5.74) is 1.07. The van der Waals surface area contributed by atoms with Gasteiger partial charge in [-0.25, -0.2) is 8.42 Å². The molecule has 11 heteroatoms. The van der Waals surface area contributed by atoms with E-state index in [1.54, 1.807) is 37.4 Å². The minimum Gasteiger partial charge on any atom is -0.497 e. The molecule has 1 heterocycles.